The first-order chi connectivity index (χ1) is 16.9. The Morgan fingerprint density at radius 2 is 1.86 bits per heavy atom. The molecule has 1 fully saturated rings. The highest BCUT2D eigenvalue weighted by Crippen LogP contribution is 2.39. The molecule has 0 radical (unpaired) electrons. The van der Waals surface area contributed by atoms with Crippen molar-refractivity contribution in [2.24, 2.45) is 11.8 Å². The van der Waals surface area contributed by atoms with E-state index in [2.05, 4.69) is 22.4 Å². The zero-order chi connectivity index (χ0) is 24.9. The highest BCUT2D eigenvalue weighted by Gasteiger charge is 2.31. The summed E-state index contributed by atoms with van der Waals surface area (Å²) < 4.78 is 5.04. The summed E-state index contributed by atoms with van der Waals surface area (Å²) in [7, 11) is 1.35. The monoisotopic (exact) mass is 494 g/mol. The van der Waals surface area contributed by atoms with Crippen LogP contribution in [0, 0.1) is 11.8 Å². The number of anilines is 2. The summed E-state index contributed by atoms with van der Waals surface area (Å²) in [6, 6.07) is 10.8. The Kier molecular flexibility index (Phi) is 7.65. The van der Waals surface area contributed by atoms with Gasteiger partial charge in [0.25, 0.3) is 5.91 Å². The Labute approximate surface area is 208 Å². The predicted octanol–water partition coefficient (Wildman–Crippen LogP) is 5.36. The summed E-state index contributed by atoms with van der Waals surface area (Å²) in [5.74, 6) is -0.0514. The molecule has 184 valence electrons. The minimum atomic E-state index is -0.456. The summed E-state index contributed by atoms with van der Waals surface area (Å²) in [5, 5.41) is 9.30. The summed E-state index contributed by atoms with van der Waals surface area (Å²) in [6.07, 6.45) is 5.45. The molecule has 0 aliphatic heterocycles. The molecule has 35 heavy (non-hydrogen) atoms. The number of ether oxygens (including phenoxy) is 1. The molecule has 1 aromatic carbocycles. The van der Waals surface area contributed by atoms with Gasteiger partial charge in [-0.3, -0.25) is 14.7 Å². The van der Waals surface area contributed by atoms with E-state index in [-0.39, 0.29) is 17.7 Å². The fraction of sp³-hybridized carbons (Fsp3) is 0.385. The van der Waals surface area contributed by atoms with Gasteiger partial charge in [-0.15, -0.1) is 11.3 Å². The third-order valence-corrected chi connectivity index (χ3v) is 7.64. The first-order valence-corrected chi connectivity index (χ1v) is 12.7. The summed E-state index contributed by atoms with van der Waals surface area (Å²) in [5.41, 5.74) is 2.40. The molecule has 4 rings (SSSR count). The molecule has 0 spiro atoms. The quantitative estimate of drug-likeness (QED) is 0.431. The Hall–Kier alpha value is -3.46. The average Bonchev–Trinajstić information content (AvgIpc) is 3.56. The van der Waals surface area contributed by atoms with E-state index in [0.29, 0.717) is 34.4 Å². The van der Waals surface area contributed by atoms with Gasteiger partial charge in [0.2, 0.25) is 5.91 Å². The Morgan fingerprint density at radius 3 is 2.46 bits per heavy atom. The number of thiophene rings is 1. The van der Waals surface area contributed by atoms with Crippen LogP contribution in [0.1, 0.15) is 59.7 Å². The second-order valence-electron chi connectivity index (χ2n) is 8.85. The van der Waals surface area contributed by atoms with Gasteiger partial charge in [-0.25, -0.2) is 4.79 Å². The number of benzene rings is 1. The number of nitrogens with zero attached hydrogens (tertiary/aromatic N) is 2. The van der Waals surface area contributed by atoms with E-state index in [0.717, 1.165) is 36.1 Å². The lowest BCUT2D eigenvalue weighted by Gasteiger charge is -2.30. The van der Waals surface area contributed by atoms with Crippen LogP contribution < -0.4 is 10.2 Å². The van der Waals surface area contributed by atoms with Crippen LogP contribution in [0.3, 0.4) is 0 Å². The number of aromatic amines is 1. The van der Waals surface area contributed by atoms with Crippen molar-refractivity contribution >= 4 is 40.5 Å². The minimum absolute atomic E-state index is 0.0163. The third kappa shape index (κ3) is 5.45. The highest BCUT2D eigenvalue weighted by molar-refractivity contribution is 7.18. The van der Waals surface area contributed by atoms with Gasteiger partial charge in [0.05, 0.1) is 12.8 Å². The number of H-pyrrole nitrogens is 1. The van der Waals surface area contributed by atoms with Crippen LogP contribution in [-0.4, -0.2) is 41.6 Å². The van der Waals surface area contributed by atoms with Crippen LogP contribution in [0.2, 0.25) is 0 Å². The van der Waals surface area contributed by atoms with Gasteiger partial charge >= 0.3 is 5.97 Å². The lowest BCUT2D eigenvalue weighted by molar-refractivity contribution is -0.123. The number of carbonyl (C=O) groups excluding carboxylic acids is 3. The van der Waals surface area contributed by atoms with E-state index in [1.165, 1.54) is 18.4 Å². The molecule has 1 aliphatic carbocycles. The number of methoxy groups -OCH3 is 1. The first kappa shape index (κ1) is 24.7. The van der Waals surface area contributed by atoms with E-state index in [1.54, 1.807) is 29.3 Å². The van der Waals surface area contributed by atoms with Gasteiger partial charge in [0.1, 0.15) is 10.6 Å². The van der Waals surface area contributed by atoms with Crippen molar-refractivity contribution in [1.29, 1.82) is 0 Å². The molecule has 2 amide bonds. The second kappa shape index (κ2) is 10.9. The number of hydrogen-bond donors (Lipinski definition) is 2. The zero-order valence-corrected chi connectivity index (χ0v) is 21.0. The molecule has 2 aromatic heterocycles. The minimum Gasteiger partial charge on any atom is -0.465 e. The molecule has 0 saturated heterocycles. The number of aromatic nitrogens is 2. The van der Waals surface area contributed by atoms with Crippen LogP contribution in [-0.2, 0) is 9.53 Å². The van der Waals surface area contributed by atoms with Gasteiger partial charge < -0.3 is 15.0 Å². The largest absolute Gasteiger partial charge is 0.465 e. The first-order valence-electron chi connectivity index (χ1n) is 11.9. The topological polar surface area (TPSA) is 104 Å². The van der Waals surface area contributed by atoms with E-state index in [4.69, 9.17) is 4.74 Å². The normalized spacial score (nSPS) is 17.6. The number of nitrogens with one attached hydrogen (secondary N) is 2. The molecule has 2 N–H and O–H groups in total. The Balaban J connectivity index is 1.58. The number of esters is 1. The van der Waals surface area contributed by atoms with Gasteiger partial charge in [0, 0.05) is 29.2 Å². The molecule has 3 aromatic rings. The van der Waals surface area contributed by atoms with Crippen LogP contribution >= 0.6 is 11.3 Å². The molecule has 2 heterocycles. The standard InChI is InChI=1S/C26H30N4O4S/c1-4-30(25(32)18-7-5-16(2)6-8-18)21-15-22(35-23(21)26(33)34-3)17-9-11-19(12-10-17)28-24(31)20-13-14-27-29-20/h9-16,18H,4-8H2,1-3H3,(H,27,29)(H,28,31)/t16-,18-. The van der Waals surface area contributed by atoms with Crippen molar-refractivity contribution in [3.05, 3.63) is 53.2 Å². The van der Waals surface area contributed by atoms with Gasteiger partial charge in [-0.2, -0.15) is 5.10 Å². The molecule has 1 aliphatic rings. The van der Waals surface area contributed by atoms with Crippen molar-refractivity contribution in [3.63, 3.8) is 0 Å². The smallest absolute Gasteiger partial charge is 0.350 e. The molecule has 0 bridgehead atoms. The number of rotatable bonds is 7. The maximum atomic E-state index is 13.4. The zero-order valence-electron chi connectivity index (χ0n) is 20.2. The summed E-state index contributed by atoms with van der Waals surface area (Å²) in [4.78, 5) is 41.3. The average molecular weight is 495 g/mol. The van der Waals surface area contributed by atoms with Crippen molar-refractivity contribution in [1.82, 2.24) is 10.2 Å². The lowest BCUT2D eigenvalue weighted by atomic mass is 9.82. The molecule has 0 atom stereocenters. The van der Waals surface area contributed by atoms with Crippen molar-refractivity contribution in [2.45, 2.75) is 39.5 Å². The van der Waals surface area contributed by atoms with Gasteiger partial charge in [-0.1, -0.05) is 19.1 Å². The molecular weight excluding hydrogens is 464 g/mol. The molecular formula is C26H30N4O4S. The van der Waals surface area contributed by atoms with Gasteiger partial charge in [0.15, 0.2) is 0 Å². The summed E-state index contributed by atoms with van der Waals surface area (Å²) in [6.45, 7) is 4.63. The predicted molar refractivity (Wildman–Crippen MR) is 137 cm³/mol. The van der Waals surface area contributed by atoms with Crippen LogP contribution in [0.4, 0.5) is 11.4 Å². The van der Waals surface area contributed by atoms with E-state index >= 15 is 0 Å². The maximum absolute atomic E-state index is 13.4. The molecule has 8 nitrogen and oxygen atoms in total. The lowest BCUT2D eigenvalue weighted by Crippen LogP contribution is -2.38. The van der Waals surface area contributed by atoms with Crippen LogP contribution in [0.5, 0.6) is 0 Å². The Bertz CT molecular complexity index is 1180. The fourth-order valence-corrected chi connectivity index (χ4v) is 5.52. The molecule has 1 saturated carbocycles. The van der Waals surface area contributed by atoms with E-state index < -0.39 is 5.97 Å². The van der Waals surface area contributed by atoms with Crippen LogP contribution in [0.25, 0.3) is 10.4 Å². The molecule has 0 unspecified atom stereocenters. The second-order valence-corrected chi connectivity index (χ2v) is 9.90. The third-order valence-electron chi connectivity index (χ3n) is 6.48. The maximum Gasteiger partial charge on any atom is 0.350 e. The summed E-state index contributed by atoms with van der Waals surface area (Å²) >= 11 is 1.30. The van der Waals surface area contributed by atoms with Gasteiger partial charge in [-0.05, 0) is 68.4 Å². The van der Waals surface area contributed by atoms with Crippen LogP contribution in [0.15, 0.2) is 42.6 Å². The highest BCUT2D eigenvalue weighted by atomic mass is 32.1. The number of amides is 2. The number of hydrogen-bond acceptors (Lipinski definition) is 6. The molecule has 9 heteroatoms. The number of carbonyl (C=O) groups is 3. The van der Waals surface area contributed by atoms with Crippen molar-refractivity contribution < 1.29 is 19.1 Å². The Morgan fingerprint density at radius 1 is 1.14 bits per heavy atom. The fourth-order valence-electron chi connectivity index (χ4n) is 4.44. The van der Waals surface area contributed by atoms with Crippen molar-refractivity contribution in [3.8, 4) is 10.4 Å². The SMILES string of the molecule is CCN(c1cc(-c2ccc(NC(=O)c3cc[nH]n3)cc2)sc1C(=O)OC)C(=O)[C@H]1CC[C@H](C)CC1. The van der Waals surface area contributed by atoms with E-state index in [1.807, 2.05) is 25.1 Å². The van der Waals surface area contributed by atoms with E-state index in [9.17, 15) is 14.4 Å². The van der Waals surface area contributed by atoms with Crippen molar-refractivity contribution in [2.75, 3.05) is 23.9 Å².